The van der Waals surface area contributed by atoms with Gasteiger partial charge in [0.05, 0.1) is 25.0 Å². The van der Waals surface area contributed by atoms with Crippen LogP contribution in [0.5, 0.6) is 5.75 Å². The number of para-hydroxylation sites is 1. The highest BCUT2D eigenvalue weighted by Crippen LogP contribution is 2.31. The van der Waals surface area contributed by atoms with Gasteiger partial charge in [0.2, 0.25) is 5.91 Å². The van der Waals surface area contributed by atoms with Gasteiger partial charge >= 0.3 is 0 Å². The number of benzene rings is 2. The SMILES string of the molecule is COc1ccc([C@H]2CCCCCN2C(=O)CCc2cnn(-c3ccccc3)c2)cc1. The molecule has 1 atom stereocenters. The van der Waals surface area contributed by atoms with Crippen LogP contribution in [0.2, 0.25) is 0 Å². The number of ether oxygens (including phenoxy) is 1. The second-order valence-corrected chi connectivity index (χ2v) is 7.85. The van der Waals surface area contributed by atoms with Crippen LogP contribution in [0, 0.1) is 0 Å². The zero-order valence-corrected chi connectivity index (χ0v) is 17.5. The lowest BCUT2D eigenvalue weighted by molar-refractivity contribution is -0.133. The van der Waals surface area contributed by atoms with E-state index in [1.54, 1.807) is 7.11 Å². The number of hydrogen-bond acceptors (Lipinski definition) is 3. The first kappa shape index (κ1) is 20.2. The van der Waals surface area contributed by atoms with E-state index in [0.29, 0.717) is 12.8 Å². The van der Waals surface area contributed by atoms with Crippen LogP contribution in [-0.2, 0) is 11.2 Å². The average molecular weight is 404 g/mol. The summed E-state index contributed by atoms with van der Waals surface area (Å²) in [5, 5.41) is 4.45. The fourth-order valence-electron chi connectivity index (χ4n) is 4.19. The number of methoxy groups -OCH3 is 1. The molecule has 0 unspecified atom stereocenters. The number of likely N-dealkylation sites (tertiary alicyclic amines) is 1. The lowest BCUT2D eigenvalue weighted by atomic mass is 10.00. The molecule has 0 aliphatic carbocycles. The number of amides is 1. The first-order valence-electron chi connectivity index (χ1n) is 10.8. The third-order valence-corrected chi connectivity index (χ3v) is 5.86. The highest BCUT2D eigenvalue weighted by atomic mass is 16.5. The van der Waals surface area contributed by atoms with E-state index in [1.165, 1.54) is 12.0 Å². The van der Waals surface area contributed by atoms with Gasteiger partial charge < -0.3 is 9.64 Å². The van der Waals surface area contributed by atoms with E-state index >= 15 is 0 Å². The molecular formula is C25H29N3O2. The largest absolute Gasteiger partial charge is 0.497 e. The standard InChI is InChI=1S/C25H29N3O2/c1-30-23-14-12-21(13-15-23)24-10-6-3-7-17-27(24)25(29)16-11-20-18-26-28(19-20)22-8-4-2-5-9-22/h2,4-5,8-9,12-15,18-19,24H,3,6-7,10-11,16-17H2,1H3/t24-/m1/s1. The number of nitrogens with zero attached hydrogens (tertiary/aromatic N) is 3. The minimum absolute atomic E-state index is 0.151. The fourth-order valence-corrected chi connectivity index (χ4v) is 4.19. The molecule has 0 radical (unpaired) electrons. The molecule has 0 saturated carbocycles. The van der Waals surface area contributed by atoms with Gasteiger partial charge in [0.1, 0.15) is 5.75 Å². The maximum atomic E-state index is 13.2. The van der Waals surface area contributed by atoms with Crippen molar-refractivity contribution in [1.82, 2.24) is 14.7 Å². The second-order valence-electron chi connectivity index (χ2n) is 7.85. The molecule has 0 bridgehead atoms. The molecule has 2 aromatic carbocycles. The molecule has 5 heteroatoms. The van der Waals surface area contributed by atoms with Gasteiger partial charge in [-0.25, -0.2) is 4.68 Å². The molecule has 1 fully saturated rings. The van der Waals surface area contributed by atoms with E-state index in [1.807, 2.05) is 59.5 Å². The molecule has 1 saturated heterocycles. The number of hydrogen-bond donors (Lipinski definition) is 0. The molecule has 0 N–H and O–H groups in total. The summed E-state index contributed by atoms with van der Waals surface area (Å²) in [6, 6.07) is 18.4. The molecule has 3 aromatic rings. The van der Waals surface area contributed by atoms with Crippen molar-refractivity contribution >= 4 is 5.91 Å². The predicted octanol–water partition coefficient (Wildman–Crippen LogP) is 4.96. The third-order valence-electron chi connectivity index (χ3n) is 5.86. The van der Waals surface area contributed by atoms with E-state index in [9.17, 15) is 4.79 Å². The minimum Gasteiger partial charge on any atom is -0.497 e. The molecule has 156 valence electrons. The molecule has 5 nitrogen and oxygen atoms in total. The summed E-state index contributed by atoms with van der Waals surface area (Å²) in [7, 11) is 1.68. The van der Waals surface area contributed by atoms with Gasteiger partial charge in [-0.15, -0.1) is 0 Å². The lowest BCUT2D eigenvalue weighted by Crippen LogP contribution is -2.35. The van der Waals surface area contributed by atoms with Crippen LogP contribution in [0.4, 0.5) is 0 Å². The predicted molar refractivity (Wildman–Crippen MR) is 118 cm³/mol. The maximum absolute atomic E-state index is 13.2. The van der Waals surface area contributed by atoms with Crippen molar-refractivity contribution in [3.8, 4) is 11.4 Å². The van der Waals surface area contributed by atoms with Crippen molar-refractivity contribution < 1.29 is 9.53 Å². The zero-order chi connectivity index (χ0) is 20.8. The normalized spacial score (nSPS) is 16.8. The van der Waals surface area contributed by atoms with E-state index in [2.05, 4.69) is 22.1 Å². The highest BCUT2D eigenvalue weighted by Gasteiger charge is 2.26. The number of aromatic nitrogens is 2. The summed E-state index contributed by atoms with van der Waals surface area (Å²) in [6.45, 7) is 0.832. The monoisotopic (exact) mass is 403 g/mol. The molecule has 30 heavy (non-hydrogen) atoms. The summed E-state index contributed by atoms with van der Waals surface area (Å²) in [6.07, 6.45) is 9.53. The maximum Gasteiger partial charge on any atom is 0.223 e. The Hall–Kier alpha value is -3.08. The van der Waals surface area contributed by atoms with Crippen LogP contribution in [0.1, 0.15) is 49.3 Å². The Balaban J connectivity index is 1.43. The van der Waals surface area contributed by atoms with Crippen molar-refractivity contribution in [2.75, 3.05) is 13.7 Å². The van der Waals surface area contributed by atoms with Crippen molar-refractivity contribution in [2.24, 2.45) is 0 Å². The zero-order valence-electron chi connectivity index (χ0n) is 17.5. The molecule has 1 amide bonds. The van der Waals surface area contributed by atoms with Gasteiger partial charge in [-0.2, -0.15) is 5.10 Å². The van der Waals surface area contributed by atoms with Crippen LogP contribution in [-0.4, -0.2) is 34.2 Å². The Bertz CT molecular complexity index is 950. The smallest absolute Gasteiger partial charge is 0.223 e. The number of carbonyl (C=O) groups is 1. The molecule has 1 aliphatic heterocycles. The van der Waals surface area contributed by atoms with Gasteiger partial charge in [-0.1, -0.05) is 43.2 Å². The Morgan fingerprint density at radius 3 is 2.63 bits per heavy atom. The van der Waals surface area contributed by atoms with Gasteiger partial charge in [0.15, 0.2) is 0 Å². The van der Waals surface area contributed by atoms with Crippen LogP contribution < -0.4 is 4.74 Å². The third kappa shape index (κ3) is 4.73. The first-order chi connectivity index (χ1) is 14.7. The summed E-state index contributed by atoms with van der Waals surface area (Å²) >= 11 is 0. The van der Waals surface area contributed by atoms with E-state index in [0.717, 1.165) is 42.8 Å². The molecule has 0 spiro atoms. The molecular weight excluding hydrogens is 374 g/mol. The number of rotatable bonds is 6. The van der Waals surface area contributed by atoms with Crippen LogP contribution in [0.25, 0.3) is 5.69 Å². The van der Waals surface area contributed by atoms with Crippen LogP contribution >= 0.6 is 0 Å². The topological polar surface area (TPSA) is 47.4 Å². The molecule has 1 aromatic heterocycles. The van der Waals surface area contributed by atoms with Crippen LogP contribution in [0.15, 0.2) is 67.0 Å². The Morgan fingerprint density at radius 2 is 1.87 bits per heavy atom. The summed E-state index contributed by atoms with van der Waals surface area (Å²) in [4.78, 5) is 15.3. The minimum atomic E-state index is 0.151. The van der Waals surface area contributed by atoms with Crippen LogP contribution in [0.3, 0.4) is 0 Å². The van der Waals surface area contributed by atoms with Gasteiger partial charge in [0, 0.05) is 19.2 Å². The second kappa shape index (κ2) is 9.61. The summed E-state index contributed by atoms with van der Waals surface area (Å²) < 4.78 is 7.16. The Kier molecular flexibility index (Phi) is 6.47. The highest BCUT2D eigenvalue weighted by molar-refractivity contribution is 5.77. The van der Waals surface area contributed by atoms with Gasteiger partial charge in [-0.3, -0.25) is 4.79 Å². The first-order valence-corrected chi connectivity index (χ1v) is 10.8. The quantitative estimate of drug-likeness (QED) is 0.585. The van der Waals surface area contributed by atoms with E-state index in [4.69, 9.17) is 4.74 Å². The number of carbonyl (C=O) groups excluding carboxylic acids is 1. The van der Waals surface area contributed by atoms with Gasteiger partial charge in [-0.05, 0) is 54.7 Å². The average Bonchev–Trinajstić information content (AvgIpc) is 3.14. The Morgan fingerprint density at radius 1 is 1.07 bits per heavy atom. The number of aryl methyl sites for hydroxylation is 1. The summed E-state index contributed by atoms with van der Waals surface area (Å²) in [5.74, 6) is 1.07. The van der Waals surface area contributed by atoms with Gasteiger partial charge in [0.25, 0.3) is 0 Å². The van der Waals surface area contributed by atoms with Crippen molar-refractivity contribution in [3.05, 3.63) is 78.1 Å². The van der Waals surface area contributed by atoms with E-state index in [-0.39, 0.29) is 11.9 Å². The van der Waals surface area contributed by atoms with Crippen molar-refractivity contribution in [2.45, 2.75) is 44.6 Å². The molecule has 2 heterocycles. The summed E-state index contributed by atoms with van der Waals surface area (Å²) in [5.41, 5.74) is 3.31. The molecule has 4 rings (SSSR count). The van der Waals surface area contributed by atoms with Crippen molar-refractivity contribution in [3.63, 3.8) is 0 Å². The van der Waals surface area contributed by atoms with E-state index < -0.39 is 0 Å². The lowest BCUT2D eigenvalue weighted by Gasteiger charge is -2.30. The molecule has 1 aliphatic rings. The fraction of sp³-hybridized carbons (Fsp3) is 0.360. The Labute approximate surface area is 178 Å². The van der Waals surface area contributed by atoms with Crippen molar-refractivity contribution in [1.29, 1.82) is 0 Å².